The molecular formula is C21H30N2O3. The lowest BCUT2D eigenvalue weighted by molar-refractivity contribution is -0.195. The summed E-state index contributed by atoms with van der Waals surface area (Å²) in [6.45, 7) is 4.48. The Labute approximate surface area is 155 Å². The van der Waals surface area contributed by atoms with Gasteiger partial charge in [-0.2, -0.15) is 0 Å². The summed E-state index contributed by atoms with van der Waals surface area (Å²) in [5.74, 6) is -0.488. The third-order valence-corrected chi connectivity index (χ3v) is 7.78. The number of piperidine rings is 1. The van der Waals surface area contributed by atoms with E-state index in [1.807, 2.05) is 0 Å². The number of nitrogens with zero attached hydrogens (tertiary/aromatic N) is 2. The van der Waals surface area contributed by atoms with Gasteiger partial charge in [0.05, 0.1) is 13.2 Å². The highest BCUT2D eigenvalue weighted by Crippen LogP contribution is 2.60. The van der Waals surface area contributed by atoms with E-state index in [-0.39, 0.29) is 5.41 Å². The van der Waals surface area contributed by atoms with Gasteiger partial charge in [-0.1, -0.05) is 6.92 Å². The van der Waals surface area contributed by atoms with Crippen LogP contribution in [0.1, 0.15) is 74.0 Å². The maximum atomic E-state index is 12.9. The molecule has 1 saturated heterocycles. The number of esters is 1. The molecule has 1 aliphatic carbocycles. The number of carbonyl (C=O) groups excluding carboxylic acids is 1. The normalized spacial score (nSPS) is 35.6. The Morgan fingerprint density at radius 1 is 1.19 bits per heavy atom. The molecule has 0 bridgehead atoms. The van der Waals surface area contributed by atoms with Gasteiger partial charge in [-0.15, -0.1) is 0 Å². The number of aliphatic hydroxyl groups is 1. The zero-order chi connectivity index (χ0) is 18.1. The molecule has 4 aliphatic rings. The fraction of sp³-hybridized carbons (Fsp3) is 0.762. The van der Waals surface area contributed by atoms with Gasteiger partial charge in [0.2, 0.25) is 5.72 Å². The smallest absolute Gasteiger partial charge is 0.359 e. The van der Waals surface area contributed by atoms with Gasteiger partial charge in [0, 0.05) is 24.4 Å². The van der Waals surface area contributed by atoms with Gasteiger partial charge in [-0.3, -0.25) is 4.90 Å². The molecule has 1 aromatic heterocycles. The summed E-state index contributed by atoms with van der Waals surface area (Å²) in [5, 5.41) is 11.8. The third kappa shape index (κ3) is 1.91. The van der Waals surface area contributed by atoms with Crippen molar-refractivity contribution in [1.82, 2.24) is 9.47 Å². The summed E-state index contributed by atoms with van der Waals surface area (Å²) < 4.78 is 7.19. The van der Waals surface area contributed by atoms with Crippen molar-refractivity contribution in [3.05, 3.63) is 22.5 Å². The molecule has 1 aromatic rings. The minimum absolute atomic E-state index is 0.0344. The predicted molar refractivity (Wildman–Crippen MR) is 97.9 cm³/mol. The highest BCUT2D eigenvalue weighted by molar-refractivity contribution is 5.78. The second kappa shape index (κ2) is 5.59. The van der Waals surface area contributed by atoms with Gasteiger partial charge in [0.1, 0.15) is 0 Å². The molecule has 0 radical (unpaired) electrons. The number of hydrogen-bond acceptors (Lipinski definition) is 4. The van der Waals surface area contributed by atoms with E-state index < -0.39 is 11.7 Å². The molecule has 0 unspecified atom stereocenters. The van der Waals surface area contributed by atoms with Crippen LogP contribution in [-0.4, -0.2) is 40.7 Å². The molecule has 26 heavy (non-hydrogen) atoms. The minimum atomic E-state index is -1.55. The van der Waals surface area contributed by atoms with Crippen LogP contribution in [0.5, 0.6) is 0 Å². The topological polar surface area (TPSA) is 54.7 Å². The van der Waals surface area contributed by atoms with E-state index in [4.69, 9.17) is 4.74 Å². The van der Waals surface area contributed by atoms with Crippen LogP contribution in [0.2, 0.25) is 0 Å². The fourth-order valence-electron chi connectivity index (χ4n) is 6.71. The summed E-state index contributed by atoms with van der Waals surface area (Å²) in [6.07, 6.45) is 9.17. The standard InChI is InChI=1S/C21H30N2O3/c1-3-20-10-6-11-22-12-9-15-14-7-4-5-8-16(14)23(17(15)18(20)22)21(25,13-20)19(24)26-2/h18,25H,3-13H2,1-2H3/t18-,20+,21+/m1/s1. The molecule has 5 heteroatoms. The van der Waals surface area contributed by atoms with E-state index in [0.717, 1.165) is 58.0 Å². The molecule has 0 spiro atoms. The van der Waals surface area contributed by atoms with Gasteiger partial charge in [0.25, 0.3) is 0 Å². The summed E-state index contributed by atoms with van der Waals surface area (Å²) in [7, 11) is 1.40. The van der Waals surface area contributed by atoms with Crippen LogP contribution in [0.15, 0.2) is 0 Å². The Kier molecular flexibility index (Phi) is 3.61. The van der Waals surface area contributed by atoms with Crippen LogP contribution in [0.25, 0.3) is 0 Å². The Hall–Kier alpha value is -1.33. The summed E-state index contributed by atoms with van der Waals surface area (Å²) in [6, 6.07) is 0.348. The largest absolute Gasteiger partial charge is 0.465 e. The van der Waals surface area contributed by atoms with E-state index in [9.17, 15) is 9.90 Å². The zero-order valence-electron chi connectivity index (χ0n) is 16.0. The first-order valence-corrected chi connectivity index (χ1v) is 10.4. The van der Waals surface area contributed by atoms with E-state index in [0.29, 0.717) is 12.5 Å². The lowest BCUT2D eigenvalue weighted by Gasteiger charge is -2.58. The van der Waals surface area contributed by atoms with Crippen molar-refractivity contribution in [2.24, 2.45) is 5.41 Å². The van der Waals surface area contributed by atoms with Crippen molar-refractivity contribution >= 4 is 5.97 Å². The molecule has 1 fully saturated rings. The van der Waals surface area contributed by atoms with Crippen molar-refractivity contribution in [2.45, 2.75) is 76.5 Å². The lowest BCUT2D eigenvalue weighted by Crippen LogP contribution is -2.60. The molecule has 3 aliphatic heterocycles. The second-order valence-electron chi connectivity index (χ2n) is 8.82. The number of rotatable bonds is 2. The summed E-state index contributed by atoms with van der Waals surface area (Å²) >= 11 is 0. The van der Waals surface area contributed by atoms with Gasteiger partial charge >= 0.3 is 5.97 Å². The quantitative estimate of drug-likeness (QED) is 0.826. The molecule has 4 heterocycles. The molecule has 0 aromatic carbocycles. The second-order valence-corrected chi connectivity index (χ2v) is 8.82. The van der Waals surface area contributed by atoms with E-state index >= 15 is 0 Å². The lowest BCUT2D eigenvalue weighted by atomic mass is 9.62. The van der Waals surface area contributed by atoms with E-state index in [1.54, 1.807) is 0 Å². The fourth-order valence-corrected chi connectivity index (χ4v) is 6.71. The Morgan fingerprint density at radius 2 is 2.00 bits per heavy atom. The van der Waals surface area contributed by atoms with Gasteiger partial charge in [-0.05, 0) is 74.5 Å². The third-order valence-electron chi connectivity index (χ3n) is 7.78. The van der Waals surface area contributed by atoms with Crippen LogP contribution >= 0.6 is 0 Å². The zero-order valence-corrected chi connectivity index (χ0v) is 16.0. The average Bonchev–Trinajstić information content (AvgIpc) is 3.02. The minimum Gasteiger partial charge on any atom is -0.465 e. The van der Waals surface area contributed by atoms with Crippen LogP contribution in [0.3, 0.4) is 0 Å². The first-order chi connectivity index (χ1) is 12.6. The van der Waals surface area contributed by atoms with Crippen LogP contribution < -0.4 is 0 Å². The van der Waals surface area contributed by atoms with Crippen molar-refractivity contribution in [1.29, 1.82) is 0 Å². The summed E-state index contributed by atoms with van der Waals surface area (Å²) in [5.41, 5.74) is 3.77. The number of methoxy groups -OCH3 is 1. The Morgan fingerprint density at radius 3 is 2.77 bits per heavy atom. The number of fused-ring (bicyclic) bond motifs is 3. The van der Waals surface area contributed by atoms with Crippen LogP contribution in [0, 0.1) is 5.41 Å². The van der Waals surface area contributed by atoms with E-state index in [2.05, 4.69) is 16.4 Å². The van der Waals surface area contributed by atoms with Crippen molar-refractivity contribution in [3.63, 3.8) is 0 Å². The molecule has 0 amide bonds. The monoisotopic (exact) mass is 358 g/mol. The molecule has 0 saturated carbocycles. The number of carbonyl (C=O) groups is 1. The maximum Gasteiger partial charge on any atom is 0.359 e. The van der Waals surface area contributed by atoms with Crippen molar-refractivity contribution < 1.29 is 14.6 Å². The number of ether oxygens (including phenoxy) is 1. The van der Waals surface area contributed by atoms with Gasteiger partial charge < -0.3 is 14.4 Å². The molecular weight excluding hydrogens is 328 g/mol. The number of hydrogen-bond donors (Lipinski definition) is 1. The molecule has 5 rings (SSSR count). The van der Waals surface area contributed by atoms with Crippen molar-refractivity contribution in [2.75, 3.05) is 20.2 Å². The maximum absolute atomic E-state index is 12.9. The highest BCUT2D eigenvalue weighted by atomic mass is 16.5. The van der Waals surface area contributed by atoms with Gasteiger partial charge in [0.15, 0.2) is 0 Å². The molecule has 5 nitrogen and oxygen atoms in total. The van der Waals surface area contributed by atoms with Crippen LogP contribution in [-0.2, 0) is 34.5 Å². The predicted octanol–water partition coefficient (Wildman–Crippen LogP) is 2.68. The van der Waals surface area contributed by atoms with E-state index in [1.165, 1.54) is 36.0 Å². The Balaban J connectivity index is 1.82. The van der Waals surface area contributed by atoms with Crippen molar-refractivity contribution in [3.8, 4) is 0 Å². The first-order valence-electron chi connectivity index (χ1n) is 10.4. The summed E-state index contributed by atoms with van der Waals surface area (Å²) in [4.78, 5) is 15.5. The molecule has 1 N–H and O–H groups in total. The average molecular weight is 358 g/mol. The SMILES string of the molecule is CC[C@@]12CCCN3CCc4c5c(n(c4[C@@H]31)[C@@](O)(C(=O)OC)C2)CCCC5. The molecule has 3 atom stereocenters. The molecule has 142 valence electrons. The highest BCUT2D eigenvalue weighted by Gasteiger charge is 2.60. The number of aromatic nitrogens is 1. The Bertz CT molecular complexity index is 770. The first kappa shape index (κ1) is 16.8. The van der Waals surface area contributed by atoms with Gasteiger partial charge in [-0.25, -0.2) is 4.79 Å². The van der Waals surface area contributed by atoms with Crippen LogP contribution in [0.4, 0.5) is 0 Å².